The van der Waals surface area contributed by atoms with Crippen molar-refractivity contribution >= 4 is 50.8 Å². The Labute approximate surface area is 215 Å². The number of carbonyl (C=O) groups excluding carboxylic acids is 2. The molecule has 1 amide bonds. The molecule has 1 saturated heterocycles. The number of benzene rings is 1. The van der Waals surface area contributed by atoms with Crippen LogP contribution in [0.5, 0.6) is 5.75 Å². The van der Waals surface area contributed by atoms with Crippen molar-refractivity contribution in [2.24, 2.45) is 0 Å². The lowest BCUT2D eigenvalue weighted by molar-refractivity contribution is -0.126. The number of fused-ring (bicyclic) bond motifs is 2. The van der Waals surface area contributed by atoms with Gasteiger partial charge in [-0.15, -0.1) is 5.10 Å². The Morgan fingerprint density at radius 3 is 2.68 bits per heavy atom. The van der Waals surface area contributed by atoms with E-state index in [-0.39, 0.29) is 5.56 Å². The van der Waals surface area contributed by atoms with Crippen molar-refractivity contribution in [3.8, 4) is 11.6 Å². The summed E-state index contributed by atoms with van der Waals surface area (Å²) < 4.78 is 6.93. The number of hydrogen-bond donors (Lipinski definition) is 1. The number of hydrogen-bond acceptors (Lipinski definition) is 8. The van der Waals surface area contributed by atoms with Gasteiger partial charge in [0.05, 0.1) is 42.2 Å². The van der Waals surface area contributed by atoms with E-state index >= 15 is 0 Å². The fourth-order valence-corrected chi connectivity index (χ4v) is 4.90. The minimum Gasteiger partial charge on any atom is -0.494 e. The van der Waals surface area contributed by atoms with Gasteiger partial charge in [-0.25, -0.2) is 14.6 Å². The van der Waals surface area contributed by atoms with Gasteiger partial charge in [0.1, 0.15) is 16.7 Å². The molecule has 1 aliphatic rings. The van der Waals surface area contributed by atoms with Gasteiger partial charge in [-0.3, -0.25) is 9.59 Å². The first kappa shape index (κ1) is 22.9. The summed E-state index contributed by atoms with van der Waals surface area (Å²) in [5.41, 5.74) is 0.732. The number of carbonyl (C=O) groups is 2. The molecule has 5 aromatic rings. The van der Waals surface area contributed by atoms with Crippen molar-refractivity contribution in [1.82, 2.24) is 34.8 Å². The summed E-state index contributed by atoms with van der Waals surface area (Å²) >= 11 is 6.26. The predicted molar refractivity (Wildman–Crippen MR) is 137 cm³/mol. The summed E-state index contributed by atoms with van der Waals surface area (Å²) in [5, 5.41) is 10.7. The van der Waals surface area contributed by atoms with Crippen LogP contribution in [0.2, 0.25) is 5.15 Å². The molecule has 0 bridgehead atoms. The molecule has 0 atom stereocenters. The largest absolute Gasteiger partial charge is 0.494 e. The average molecular weight is 517 g/mol. The maximum atomic E-state index is 13.4. The van der Waals surface area contributed by atoms with Crippen molar-refractivity contribution in [3.63, 3.8) is 0 Å². The van der Waals surface area contributed by atoms with Crippen LogP contribution in [0.3, 0.4) is 0 Å². The van der Waals surface area contributed by atoms with Crippen LogP contribution < -0.4 is 9.64 Å². The van der Waals surface area contributed by atoms with Gasteiger partial charge in [-0.05, 0) is 11.5 Å². The molecule has 5 heterocycles. The highest BCUT2D eigenvalue weighted by Crippen LogP contribution is 2.32. The lowest BCUT2D eigenvalue weighted by Gasteiger charge is -2.35. The third-order valence-corrected chi connectivity index (χ3v) is 6.70. The molecule has 12 heteroatoms. The van der Waals surface area contributed by atoms with Gasteiger partial charge >= 0.3 is 0 Å². The molecule has 6 rings (SSSR count). The second kappa shape index (κ2) is 9.17. The third-order valence-electron chi connectivity index (χ3n) is 6.51. The van der Waals surface area contributed by atoms with E-state index in [1.807, 2.05) is 30.3 Å². The number of piperazine rings is 1. The van der Waals surface area contributed by atoms with Crippen LogP contribution >= 0.6 is 11.6 Å². The smallest absolute Gasteiger partial charge is 0.295 e. The topological polar surface area (TPSA) is 122 Å². The van der Waals surface area contributed by atoms with Crippen LogP contribution in [-0.4, -0.2) is 79.8 Å². The summed E-state index contributed by atoms with van der Waals surface area (Å²) in [6.45, 7) is 1.79. The fourth-order valence-electron chi connectivity index (χ4n) is 4.70. The number of Topliss-reactive ketones (excluding diaryl/α,β-unsaturated/α-hetero) is 1. The number of nitrogens with zero attached hydrogens (tertiary/aromatic N) is 7. The minimum atomic E-state index is -0.625. The number of H-pyrrole nitrogens is 1. The Balaban J connectivity index is 1.25. The molecule has 0 unspecified atom stereocenters. The number of methoxy groups -OCH3 is 1. The molecule has 1 fully saturated rings. The number of ketones is 1. The van der Waals surface area contributed by atoms with Gasteiger partial charge in [-0.1, -0.05) is 41.1 Å². The van der Waals surface area contributed by atoms with Gasteiger partial charge in [0.15, 0.2) is 5.82 Å². The molecule has 4 aromatic heterocycles. The molecule has 1 aliphatic heterocycles. The highest BCUT2D eigenvalue weighted by atomic mass is 35.5. The van der Waals surface area contributed by atoms with Crippen molar-refractivity contribution in [1.29, 1.82) is 0 Å². The summed E-state index contributed by atoms with van der Waals surface area (Å²) in [5.74, 6) is 0.386. The van der Waals surface area contributed by atoms with Gasteiger partial charge in [0.2, 0.25) is 0 Å². The van der Waals surface area contributed by atoms with E-state index < -0.39 is 11.7 Å². The van der Waals surface area contributed by atoms with Gasteiger partial charge in [0.25, 0.3) is 11.7 Å². The van der Waals surface area contributed by atoms with Crippen molar-refractivity contribution in [2.45, 2.75) is 0 Å². The lowest BCUT2D eigenvalue weighted by atomic mass is 10.1. The van der Waals surface area contributed by atoms with Gasteiger partial charge < -0.3 is 19.5 Å². The van der Waals surface area contributed by atoms with E-state index in [2.05, 4.69) is 30.2 Å². The normalized spacial score (nSPS) is 13.9. The van der Waals surface area contributed by atoms with Gasteiger partial charge in [0, 0.05) is 37.8 Å². The second-order valence-electron chi connectivity index (χ2n) is 8.55. The number of aromatic amines is 1. The summed E-state index contributed by atoms with van der Waals surface area (Å²) in [4.78, 5) is 42.3. The van der Waals surface area contributed by atoms with Crippen LogP contribution in [0.25, 0.3) is 27.5 Å². The van der Waals surface area contributed by atoms with Crippen molar-refractivity contribution in [2.75, 3.05) is 38.2 Å². The molecule has 0 spiro atoms. The second-order valence-corrected chi connectivity index (χ2v) is 8.94. The Bertz CT molecular complexity index is 1640. The third kappa shape index (κ3) is 3.93. The predicted octanol–water partition coefficient (Wildman–Crippen LogP) is 2.89. The monoisotopic (exact) mass is 516 g/mol. The molecular weight excluding hydrogens is 496 g/mol. The van der Waals surface area contributed by atoms with Crippen LogP contribution in [0.15, 0.2) is 55.1 Å². The Hall–Kier alpha value is -4.51. The number of anilines is 1. The first-order valence-corrected chi connectivity index (χ1v) is 12.0. The quantitative estimate of drug-likeness (QED) is 0.215. The van der Waals surface area contributed by atoms with E-state index in [4.69, 9.17) is 16.3 Å². The van der Waals surface area contributed by atoms with E-state index in [9.17, 15) is 9.59 Å². The summed E-state index contributed by atoms with van der Waals surface area (Å²) in [6, 6.07) is 9.73. The number of aromatic nitrogens is 6. The number of amides is 1. The first-order valence-electron chi connectivity index (χ1n) is 11.6. The summed E-state index contributed by atoms with van der Waals surface area (Å²) in [6.07, 6.45) is 6.17. The molecule has 37 heavy (non-hydrogen) atoms. The number of halogens is 1. The van der Waals surface area contributed by atoms with Gasteiger partial charge in [-0.2, -0.15) is 0 Å². The zero-order valence-corrected chi connectivity index (χ0v) is 20.5. The molecule has 1 aromatic carbocycles. The molecule has 0 saturated carbocycles. The number of rotatable bonds is 5. The highest BCUT2D eigenvalue weighted by molar-refractivity contribution is 6.45. The molecule has 0 aliphatic carbocycles. The lowest BCUT2D eigenvalue weighted by Crippen LogP contribution is -2.51. The number of nitrogens with one attached hydrogen (secondary N) is 1. The minimum absolute atomic E-state index is 0.213. The van der Waals surface area contributed by atoms with Crippen LogP contribution in [-0.2, 0) is 4.79 Å². The average Bonchev–Trinajstić information content (AvgIpc) is 3.62. The van der Waals surface area contributed by atoms with E-state index in [0.717, 1.165) is 16.6 Å². The van der Waals surface area contributed by atoms with Crippen LogP contribution in [0.4, 0.5) is 5.82 Å². The highest BCUT2D eigenvalue weighted by Gasteiger charge is 2.31. The molecule has 11 nitrogen and oxygen atoms in total. The Morgan fingerprint density at radius 2 is 1.92 bits per heavy atom. The molecule has 0 radical (unpaired) electrons. The SMILES string of the molecule is COc1cnc(-n2ccnn2)c2[nH]cc(C(=O)C(=O)N3CCN(c4nc(Cl)cc5ccccc45)CC3)c12. The van der Waals surface area contributed by atoms with E-state index in [0.29, 0.717) is 53.8 Å². The fraction of sp³-hybridized carbons (Fsp3) is 0.200. The van der Waals surface area contributed by atoms with Crippen LogP contribution in [0, 0.1) is 0 Å². The molecule has 1 N–H and O–H groups in total. The maximum Gasteiger partial charge on any atom is 0.295 e. The zero-order valence-electron chi connectivity index (χ0n) is 19.8. The first-order chi connectivity index (χ1) is 18.0. The molecular formula is C25H21ClN8O3. The van der Waals surface area contributed by atoms with Crippen LogP contribution in [0.1, 0.15) is 10.4 Å². The summed E-state index contributed by atoms with van der Waals surface area (Å²) in [7, 11) is 1.49. The van der Waals surface area contributed by atoms with Crippen molar-refractivity contribution < 1.29 is 14.3 Å². The number of pyridine rings is 2. The Kier molecular flexibility index (Phi) is 5.68. The molecule has 186 valence electrons. The zero-order chi connectivity index (χ0) is 25.5. The Morgan fingerprint density at radius 1 is 1.11 bits per heavy atom. The maximum absolute atomic E-state index is 13.4. The van der Waals surface area contributed by atoms with E-state index in [1.165, 1.54) is 30.4 Å². The van der Waals surface area contributed by atoms with E-state index in [1.54, 1.807) is 11.1 Å². The standard InChI is InChI=1S/C25H21ClN8O3/c1-37-18-14-28-24(34-7-6-29-31-34)21-20(18)17(13-27-21)22(35)25(36)33-10-8-32(9-11-33)23-16-5-3-2-4-15(16)12-19(26)30-23/h2-7,12-14,27H,8-11H2,1H3. The van der Waals surface area contributed by atoms with Crippen molar-refractivity contribution in [3.05, 3.63) is 65.8 Å². The number of ether oxygens (including phenoxy) is 1.